The summed E-state index contributed by atoms with van der Waals surface area (Å²) in [6, 6.07) is 10.5. The van der Waals surface area contributed by atoms with Gasteiger partial charge in [0.2, 0.25) is 5.91 Å². The zero-order chi connectivity index (χ0) is 26.9. The number of amides is 1. The summed E-state index contributed by atoms with van der Waals surface area (Å²) in [6.45, 7) is 2.12. The summed E-state index contributed by atoms with van der Waals surface area (Å²) >= 11 is 12.5. The third-order valence-electron chi connectivity index (χ3n) is 5.82. The number of nitrogen functional groups attached to an aromatic ring is 1. The summed E-state index contributed by atoms with van der Waals surface area (Å²) in [4.78, 5) is 27.6. The van der Waals surface area contributed by atoms with Crippen LogP contribution in [0.3, 0.4) is 0 Å². The van der Waals surface area contributed by atoms with Gasteiger partial charge in [-0.15, -0.1) is 0 Å². The topological polar surface area (TPSA) is 124 Å². The zero-order valence-electron chi connectivity index (χ0n) is 20.8. The van der Waals surface area contributed by atoms with Crippen molar-refractivity contribution >= 4 is 57.2 Å². The molecule has 0 spiro atoms. The molecule has 4 rings (SSSR count). The van der Waals surface area contributed by atoms with Crippen molar-refractivity contribution < 1.29 is 9.53 Å². The fourth-order valence-electron chi connectivity index (χ4n) is 3.87. The molecule has 0 fully saturated rings. The molecule has 0 saturated carbocycles. The van der Waals surface area contributed by atoms with E-state index >= 15 is 0 Å². The van der Waals surface area contributed by atoms with Gasteiger partial charge in [0.25, 0.3) is 0 Å². The number of H-pyrrole nitrogens is 1. The van der Waals surface area contributed by atoms with E-state index in [-0.39, 0.29) is 11.6 Å². The Hall–Kier alpha value is -3.66. The van der Waals surface area contributed by atoms with Gasteiger partial charge in [-0.2, -0.15) is 0 Å². The number of carbonyl (C=O) groups excluding carboxylic acids is 1. The minimum atomic E-state index is -0.467. The maximum Gasteiger partial charge on any atom is 0.240 e. The van der Waals surface area contributed by atoms with Crippen molar-refractivity contribution in [3.63, 3.8) is 0 Å². The number of aromatic nitrogens is 3. The number of pyridine rings is 1. The molecule has 2 heterocycles. The molecule has 37 heavy (non-hydrogen) atoms. The van der Waals surface area contributed by atoms with Crippen LogP contribution >= 0.6 is 23.2 Å². The molecule has 0 aliphatic heterocycles. The van der Waals surface area contributed by atoms with Crippen molar-refractivity contribution in [3.05, 3.63) is 75.8 Å². The molecular weight excluding hydrogens is 513 g/mol. The Bertz CT molecular complexity index is 1470. The summed E-state index contributed by atoms with van der Waals surface area (Å²) in [7, 11) is 5.42. The molecule has 9 nitrogen and oxygen atoms in total. The molecule has 2 aromatic heterocycles. The van der Waals surface area contributed by atoms with E-state index in [4.69, 9.17) is 39.1 Å². The SMILES string of the molecule is CC(Oc1ccc(N)c(C(=N)c2nc3ccc(N(C)C(=O)CN(C)C)cc3[nH]2)c1)c1c(Cl)cncc1Cl. The van der Waals surface area contributed by atoms with E-state index in [0.29, 0.717) is 56.0 Å². The van der Waals surface area contributed by atoms with Crippen molar-refractivity contribution in [3.8, 4) is 5.75 Å². The standard InChI is InChI=1S/C26H27Cl2N7O2/c1-14(24-18(27)11-31-12-19(24)28)37-16-6-7-20(29)17(10-16)25(30)26-32-21-8-5-15(9-22(21)33-26)35(4)23(36)13-34(2)3/h5-12,14,30H,13,29H2,1-4H3,(H,32,33). The van der Waals surface area contributed by atoms with Crippen LogP contribution in [0.5, 0.6) is 5.75 Å². The molecule has 192 valence electrons. The van der Waals surface area contributed by atoms with Crippen molar-refractivity contribution in [1.29, 1.82) is 5.41 Å². The van der Waals surface area contributed by atoms with Gasteiger partial charge in [0.05, 0.1) is 27.6 Å². The number of nitrogens with two attached hydrogens (primary N) is 1. The molecule has 4 N–H and O–H groups in total. The van der Waals surface area contributed by atoms with Gasteiger partial charge in [0.1, 0.15) is 17.6 Å². The van der Waals surface area contributed by atoms with Crippen LogP contribution in [-0.4, -0.2) is 59.2 Å². The van der Waals surface area contributed by atoms with E-state index in [1.54, 1.807) is 30.1 Å². The number of benzene rings is 2. The fourth-order valence-corrected chi connectivity index (χ4v) is 4.54. The van der Waals surface area contributed by atoms with E-state index in [2.05, 4.69) is 15.0 Å². The number of nitrogens with zero attached hydrogens (tertiary/aromatic N) is 4. The summed E-state index contributed by atoms with van der Waals surface area (Å²) in [5, 5.41) is 9.59. The summed E-state index contributed by atoms with van der Waals surface area (Å²) < 4.78 is 6.07. The minimum Gasteiger partial charge on any atom is -0.486 e. The quantitative estimate of drug-likeness (QED) is 0.215. The monoisotopic (exact) mass is 539 g/mol. The van der Waals surface area contributed by atoms with Crippen LogP contribution in [-0.2, 0) is 4.79 Å². The first kappa shape index (κ1) is 26.4. The number of fused-ring (bicyclic) bond motifs is 1. The van der Waals surface area contributed by atoms with Gasteiger partial charge < -0.3 is 25.3 Å². The number of hydrogen-bond donors (Lipinski definition) is 3. The first-order valence-electron chi connectivity index (χ1n) is 11.4. The third kappa shape index (κ3) is 5.69. The summed E-state index contributed by atoms with van der Waals surface area (Å²) in [5.41, 5.74) is 9.87. The Balaban J connectivity index is 1.59. The smallest absolute Gasteiger partial charge is 0.240 e. The highest BCUT2D eigenvalue weighted by atomic mass is 35.5. The minimum absolute atomic E-state index is 0.0370. The molecule has 0 bridgehead atoms. The molecule has 4 aromatic rings. The molecule has 0 saturated heterocycles. The highest BCUT2D eigenvalue weighted by molar-refractivity contribution is 6.35. The Morgan fingerprint density at radius 3 is 2.51 bits per heavy atom. The van der Waals surface area contributed by atoms with Crippen molar-refractivity contribution in [2.24, 2.45) is 0 Å². The van der Waals surface area contributed by atoms with Crippen LogP contribution in [0.15, 0.2) is 48.8 Å². The van der Waals surface area contributed by atoms with Gasteiger partial charge in [0.15, 0.2) is 5.82 Å². The molecule has 0 radical (unpaired) electrons. The highest BCUT2D eigenvalue weighted by Crippen LogP contribution is 2.33. The number of nitrogens with one attached hydrogen (secondary N) is 2. The number of rotatable bonds is 8. The highest BCUT2D eigenvalue weighted by Gasteiger charge is 2.19. The van der Waals surface area contributed by atoms with E-state index in [1.165, 1.54) is 12.4 Å². The second-order valence-electron chi connectivity index (χ2n) is 8.88. The van der Waals surface area contributed by atoms with E-state index in [9.17, 15) is 4.79 Å². The molecule has 1 atom stereocenters. The maximum atomic E-state index is 12.4. The van der Waals surface area contributed by atoms with E-state index in [1.807, 2.05) is 44.1 Å². The number of halogens is 2. The van der Waals surface area contributed by atoms with Crippen molar-refractivity contribution in [1.82, 2.24) is 19.9 Å². The zero-order valence-corrected chi connectivity index (χ0v) is 22.4. The molecule has 1 unspecified atom stereocenters. The number of likely N-dealkylation sites (N-methyl/N-ethyl adjacent to an activating group) is 2. The van der Waals surface area contributed by atoms with Crippen LogP contribution in [0, 0.1) is 5.41 Å². The number of imidazole rings is 1. The largest absolute Gasteiger partial charge is 0.486 e. The average molecular weight is 540 g/mol. The van der Waals surface area contributed by atoms with Gasteiger partial charge >= 0.3 is 0 Å². The Kier molecular flexibility index (Phi) is 7.68. The Morgan fingerprint density at radius 1 is 1.14 bits per heavy atom. The van der Waals surface area contributed by atoms with Crippen molar-refractivity contribution in [2.75, 3.05) is 38.3 Å². The lowest BCUT2D eigenvalue weighted by Gasteiger charge is -2.19. The van der Waals surface area contributed by atoms with Crippen LogP contribution in [0.2, 0.25) is 10.0 Å². The predicted molar refractivity (Wildman–Crippen MR) is 148 cm³/mol. The number of hydrogen-bond acceptors (Lipinski definition) is 7. The molecule has 0 aliphatic carbocycles. The lowest BCUT2D eigenvalue weighted by Crippen LogP contribution is -2.34. The van der Waals surface area contributed by atoms with Crippen LogP contribution in [0.25, 0.3) is 11.0 Å². The first-order chi connectivity index (χ1) is 17.5. The number of aromatic amines is 1. The maximum absolute atomic E-state index is 12.4. The fraction of sp³-hybridized carbons (Fsp3) is 0.231. The third-order valence-corrected chi connectivity index (χ3v) is 6.42. The lowest BCUT2D eigenvalue weighted by atomic mass is 10.1. The van der Waals surface area contributed by atoms with Gasteiger partial charge in [-0.25, -0.2) is 4.98 Å². The van der Waals surface area contributed by atoms with Crippen LogP contribution < -0.4 is 15.4 Å². The molecule has 11 heteroatoms. The second kappa shape index (κ2) is 10.8. The number of carbonyl (C=O) groups is 1. The Morgan fingerprint density at radius 2 is 1.84 bits per heavy atom. The summed E-state index contributed by atoms with van der Waals surface area (Å²) in [5.74, 6) is 0.793. The second-order valence-corrected chi connectivity index (χ2v) is 9.69. The van der Waals surface area contributed by atoms with Crippen LogP contribution in [0.4, 0.5) is 11.4 Å². The van der Waals surface area contributed by atoms with Gasteiger partial charge in [0, 0.05) is 41.9 Å². The average Bonchev–Trinajstić information content (AvgIpc) is 3.27. The normalized spacial score (nSPS) is 12.1. The molecule has 2 aromatic carbocycles. The number of anilines is 2. The molecular formula is C26H27Cl2N7O2. The van der Waals surface area contributed by atoms with Gasteiger partial charge in [-0.1, -0.05) is 23.2 Å². The van der Waals surface area contributed by atoms with Crippen LogP contribution in [0.1, 0.15) is 30.0 Å². The molecule has 0 aliphatic rings. The predicted octanol–water partition coefficient (Wildman–Crippen LogP) is 4.93. The summed E-state index contributed by atoms with van der Waals surface area (Å²) in [6.07, 6.45) is 2.55. The van der Waals surface area contributed by atoms with E-state index < -0.39 is 6.10 Å². The van der Waals surface area contributed by atoms with Gasteiger partial charge in [-0.05, 0) is 57.4 Å². The number of ether oxygens (including phenoxy) is 1. The van der Waals surface area contributed by atoms with Crippen molar-refractivity contribution in [2.45, 2.75) is 13.0 Å². The van der Waals surface area contributed by atoms with E-state index in [0.717, 1.165) is 5.69 Å². The Labute approximate surface area is 224 Å². The molecule has 1 amide bonds. The lowest BCUT2D eigenvalue weighted by molar-refractivity contribution is -0.118. The first-order valence-corrected chi connectivity index (χ1v) is 12.2. The van der Waals surface area contributed by atoms with Gasteiger partial charge in [-0.3, -0.25) is 15.2 Å².